The van der Waals surface area contributed by atoms with Gasteiger partial charge in [-0.15, -0.1) is 6.58 Å². The lowest BCUT2D eigenvalue weighted by molar-refractivity contribution is -0.125. The van der Waals surface area contributed by atoms with Gasteiger partial charge < -0.3 is 5.32 Å². The average molecular weight is 275 g/mol. The molecule has 104 valence electrons. The van der Waals surface area contributed by atoms with Gasteiger partial charge in [-0.3, -0.25) is 4.79 Å². The fourth-order valence-electron chi connectivity index (χ4n) is 1.91. The Balaban J connectivity index is 2.67. The lowest BCUT2D eigenvalue weighted by Crippen LogP contribution is -2.48. The van der Waals surface area contributed by atoms with Crippen molar-refractivity contribution >= 4 is 16.1 Å². The highest BCUT2D eigenvalue weighted by molar-refractivity contribution is 7.86. The molecule has 1 fully saturated rings. The maximum absolute atomic E-state index is 12.0. The van der Waals surface area contributed by atoms with Gasteiger partial charge in [0.05, 0.1) is 5.92 Å². The van der Waals surface area contributed by atoms with Crippen LogP contribution in [0.4, 0.5) is 0 Å². The lowest BCUT2D eigenvalue weighted by Gasteiger charge is -2.32. The Kier molecular flexibility index (Phi) is 5.30. The summed E-state index contributed by atoms with van der Waals surface area (Å²) >= 11 is 0. The van der Waals surface area contributed by atoms with Crippen LogP contribution in [0, 0.1) is 5.92 Å². The summed E-state index contributed by atoms with van der Waals surface area (Å²) in [4.78, 5) is 11.8. The second kappa shape index (κ2) is 6.31. The van der Waals surface area contributed by atoms with Gasteiger partial charge in [0.2, 0.25) is 5.91 Å². The molecule has 0 saturated carbocycles. The lowest BCUT2D eigenvalue weighted by atomic mass is 9.99. The molecule has 1 N–H and O–H groups in total. The Morgan fingerprint density at radius 2 is 2.22 bits per heavy atom. The molecule has 1 aliphatic heterocycles. The predicted molar refractivity (Wildman–Crippen MR) is 70.1 cm³/mol. The van der Waals surface area contributed by atoms with Crippen LogP contribution in [0.2, 0.25) is 0 Å². The molecule has 0 aromatic carbocycles. The van der Waals surface area contributed by atoms with Crippen LogP contribution in [0.5, 0.6) is 0 Å². The summed E-state index contributed by atoms with van der Waals surface area (Å²) in [6, 6.07) is 0. The van der Waals surface area contributed by atoms with E-state index in [9.17, 15) is 13.2 Å². The first-order valence-electron chi connectivity index (χ1n) is 5.95. The number of nitrogens with one attached hydrogen (secondary N) is 1. The van der Waals surface area contributed by atoms with Gasteiger partial charge in [0.25, 0.3) is 10.2 Å². The summed E-state index contributed by atoms with van der Waals surface area (Å²) in [6.45, 7) is 4.67. The summed E-state index contributed by atoms with van der Waals surface area (Å²) in [6.07, 6.45) is 3.04. The molecule has 0 spiro atoms. The Bertz CT molecular complexity index is 406. The third-order valence-corrected chi connectivity index (χ3v) is 4.87. The maximum Gasteiger partial charge on any atom is 0.281 e. The van der Waals surface area contributed by atoms with Crippen LogP contribution >= 0.6 is 0 Å². The van der Waals surface area contributed by atoms with E-state index in [0.717, 1.165) is 6.42 Å². The van der Waals surface area contributed by atoms with Crippen LogP contribution in [0.15, 0.2) is 12.7 Å². The van der Waals surface area contributed by atoms with E-state index in [4.69, 9.17) is 0 Å². The van der Waals surface area contributed by atoms with Gasteiger partial charge in [-0.25, -0.2) is 0 Å². The van der Waals surface area contributed by atoms with Crippen LogP contribution in [0.3, 0.4) is 0 Å². The molecular weight excluding hydrogens is 254 g/mol. The minimum absolute atomic E-state index is 0.103. The molecule has 1 amide bonds. The molecular formula is C11H21N3O3S. The summed E-state index contributed by atoms with van der Waals surface area (Å²) < 4.78 is 26.5. The molecule has 0 radical (unpaired) electrons. The second-order valence-corrected chi connectivity index (χ2v) is 6.66. The maximum atomic E-state index is 12.0. The quantitative estimate of drug-likeness (QED) is 0.707. The van der Waals surface area contributed by atoms with Crippen molar-refractivity contribution in [2.45, 2.75) is 12.8 Å². The standard InChI is InChI=1S/C11H21N3O3S/c1-4-7-12-11(15)10-6-5-8-14(9-10)18(16,17)13(2)3/h4,10H,1,5-9H2,2-3H3,(H,12,15)/t10-/m0/s1. The molecule has 1 rings (SSSR count). The van der Waals surface area contributed by atoms with Crippen LogP contribution < -0.4 is 5.32 Å². The minimum Gasteiger partial charge on any atom is -0.352 e. The van der Waals surface area contributed by atoms with Gasteiger partial charge in [-0.05, 0) is 12.8 Å². The monoisotopic (exact) mass is 275 g/mol. The molecule has 6 nitrogen and oxygen atoms in total. The number of hydrogen-bond donors (Lipinski definition) is 1. The zero-order chi connectivity index (χ0) is 13.8. The largest absolute Gasteiger partial charge is 0.352 e. The molecule has 1 atom stereocenters. The van der Waals surface area contributed by atoms with Crippen LogP contribution in [0.25, 0.3) is 0 Å². The Labute approximate surface area is 109 Å². The zero-order valence-electron chi connectivity index (χ0n) is 10.9. The molecule has 0 aromatic rings. The highest BCUT2D eigenvalue weighted by Crippen LogP contribution is 2.20. The van der Waals surface area contributed by atoms with Crippen molar-refractivity contribution < 1.29 is 13.2 Å². The SMILES string of the molecule is C=CCNC(=O)[C@H]1CCCN(S(=O)(=O)N(C)C)C1. The summed E-state index contributed by atoms with van der Waals surface area (Å²) in [5, 5.41) is 2.71. The normalized spacial score (nSPS) is 21.8. The fourth-order valence-corrected chi connectivity index (χ4v) is 3.10. The smallest absolute Gasteiger partial charge is 0.281 e. The Morgan fingerprint density at radius 3 is 2.78 bits per heavy atom. The summed E-state index contributed by atoms with van der Waals surface area (Å²) in [5.74, 6) is -0.373. The van der Waals surface area contributed by atoms with Crippen molar-refractivity contribution in [2.24, 2.45) is 5.92 Å². The van der Waals surface area contributed by atoms with E-state index in [2.05, 4.69) is 11.9 Å². The molecule has 0 aromatic heterocycles. The van der Waals surface area contributed by atoms with E-state index in [1.807, 2.05) is 0 Å². The van der Waals surface area contributed by atoms with E-state index in [-0.39, 0.29) is 18.4 Å². The van der Waals surface area contributed by atoms with E-state index in [1.165, 1.54) is 22.7 Å². The molecule has 1 heterocycles. The number of piperidine rings is 1. The van der Waals surface area contributed by atoms with Gasteiger partial charge in [-0.2, -0.15) is 17.0 Å². The molecule has 0 unspecified atom stereocenters. The van der Waals surface area contributed by atoms with Crippen molar-refractivity contribution in [3.63, 3.8) is 0 Å². The zero-order valence-corrected chi connectivity index (χ0v) is 11.7. The van der Waals surface area contributed by atoms with Gasteiger partial charge >= 0.3 is 0 Å². The third kappa shape index (κ3) is 3.54. The average Bonchev–Trinajstić information content (AvgIpc) is 2.35. The summed E-state index contributed by atoms with van der Waals surface area (Å²) in [7, 11) is -0.427. The van der Waals surface area contributed by atoms with Gasteiger partial charge in [-0.1, -0.05) is 6.08 Å². The van der Waals surface area contributed by atoms with Crippen molar-refractivity contribution in [3.05, 3.63) is 12.7 Å². The van der Waals surface area contributed by atoms with Crippen molar-refractivity contribution in [2.75, 3.05) is 33.7 Å². The Hall–Kier alpha value is -0.920. The van der Waals surface area contributed by atoms with E-state index < -0.39 is 10.2 Å². The first-order chi connectivity index (χ1) is 8.39. The van der Waals surface area contributed by atoms with Crippen molar-refractivity contribution in [1.29, 1.82) is 0 Å². The van der Waals surface area contributed by atoms with E-state index in [0.29, 0.717) is 19.5 Å². The number of amides is 1. The van der Waals surface area contributed by atoms with Crippen LogP contribution in [-0.2, 0) is 15.0 Å². The number of carbonyl (C=O) groups excluding carboxylic acids is 1. The van der Waals surface area contributed by atoms with Gasteiger partial charge in [0.15, 0.2) is 0 Å². The molecule has 18 heavy (non-hydrogen) atoms. The fraction of sp³-hybridized carbons (Fsp3) is 0.727. The molecule has 1 saturated heterocycles. The highest BCUT2D eigenvalue weighted by Gasteiger charge is 2.33. The van der Waals surface area contributed by atoms with Crippen molar-refractivity contribution in [1.82, 2.24) is 13.9 Å². The number of hydrogen-bond acceptors (Lipinski definition) is 3. The third-order valence-electron chi connectivity index (χ3n) is 2.96. The molecule has 0 bridgehead atoms. The van der Waals surface area contributed by atoms with Crippen molar-refractivity contribution in [3.8, 4) is 0 Å². The molecule has 0 aliphatic carbocycles. The summed E-state index contributed by atoms with van der Waals surface area (Å²) in [5.41, 5.74) is 0. The number of nitrogens with zero attached hydrogens (tertiary/aromatic N) is 2. The van der Waals surface area contributed by atoms with Gasteiger partial charge in [0.1, 0.15) is 0 Å². The second-order valence-electron chi connectivity index (χ2n) is 4.52. The molecule has 1 aliphatic rings. The van der Waals surface area contributed by atoms with Gasteiger partial charge in [0, 0.05) is 33.7 Å². The van der Waals surface area contributed by atoms with E-state index in [1.54, 1.807) is 6.08 Å². The number of carbonyl (C=O) groups is 1. The first kappa shape index (κ1) is 15.1. The van der Waals surface area contributed by atoms with Crippen LogP contribution in [0.1, 0.15) is 12.8 Å². The number of rotatable bonds is 5. The Morgan fingerprint density at radius 1 is 1.56 bits per heavy atom. The topological polar surface area (TPSA) is 69.7 Å². The molecule has 7 heteroatoms. The minimum atomic E-state index is -3.42. The highest BCUT2D eigenvalue weighted by atomic mass is 32.2. The first-order valence-corrected chi connectivity index (χ1v) is 7.35. The predicted octanol–water partition coefficient (Wildman–Crippen LogP) is -0.193. The van der Waals surface area contributed by atoms with Crippen LogP contribution in [-0.4, -0.2) is 56.7 Å². The van der Waals surface area contributed by atoms with E-state index >= 15 is 0 Å².